The average Bonchev–Trinajstić information content (AvgIpc) is 2.56. The maximum Gasteiger partial charge on any atom is 0.274 e. The van der Waals surface area contributed by atoms with Gasteiger partial charge in [-0.05, 0) is 12.5 Å². The highest BCUT2D eigenvalue weighted by atomic mass is 16.1. The molecule has 1 aromatic rings. The smallest absolute Gasteiger partial charge is 0.267 e. The summed E-state index contributed by atoms with van der Waals surface area (Å²) in [5, 5.41) is 9.95. The molecule has 15 heavy (non-hydrogen) atoms. The standard InChI is InChI=1S/C12H8N2O/c13-8-4-3-6-10-9-5-1-2-7-11(9)14-12(10)15/h1-5,7H,6H2. The lowest BCUT2D eigenvalue weighted by atomic mass is 10.1. The molecule has 1 aromatic carbocycles. The van der Waals surface area contributed by atoms with Crippen LogP contribution in [0.4, 0.5) is 0 Å². The maximum absolute atomic E-state index is 11.5. The second-order valence-electron chi connectivity index (χ2n) is 3.15. The molecule has 0 fully saturated rings. The van der Waals surface area contributed by atoms with E-state index in [1.54, 1.807) is 6.08 Å². The number of amides is 1. The Kier molecular flexibility index (Phi) is 2.42. The number of carbonyl (C=O) groups excluding carboxylic acids is 1. The number of carbonyl (C=O) groups is 1. The van der Waals surface area contributed by atoms with Gasteiger partial charge in [-0.2, -0.15) is 5.26 Å². The quantitative estimate of drug-likeness (QED) is 0.645. The summed E-state index contributed by atoms with van der Waals surface area (Å²) in [6.45, 7) is 0. The van der Waals surface area contributed by atoms with E-state index in [1.165, 1.54) is 6.08 Å². The van der Waals surface area contributed by atoms with E-state index in [0.29, 0.717) is 12.0 Å². The SMILES string of the molecule is N#CC=CCC1=c2ccccc2=NC1=O. The molecule has 3 heteroatoms. The zero-order valence-corrected chi connectivity index (χ0v) is 7.97. The van der Waals surface area contributed by atoms with Crippen molar-refractivity contribution in [3.8, 4) is 6.07 Å². The Morgan fingerprint density at radius 2 is 2.20 bits per heavy atom. The fourth-order valence-electron chi connectivity index (χ4n) is 1.55. The molecular formula is C12H8N2O. The van der Waals surface area contributed by atoms with Crippen LogP contribution >= 0.6 is 0 Å². The topological polar surface area (TPSA) is 53.2 Å². The van der Waals surface area contributed by atoms with Gasteiger partial charge in [-0.3, -0.25) is 4.79 Å². The van der Waals surface area contributed by atoms with Crippen LogP contribution in [-0.4, -0.2) is 5.91 Å². The van der Waals surface area contributed by atoms with Gasteiger partial charge in [0.1, 0.15) is 0 Å². The third kappa shape index (κ3) is 1.70. The molecule has 0 spiro atoms. The van der Waals surface area contributed by atoms with Gasteiger partial charge in [0, 0.05) is 16.9 Å². The lowest BCUT2D eigenvalue weighted by Gasteiger charge is -1.91. The number of hydrogen-bond donors (Lipinski definition) is 0. The molecule has 0 aromatic heterocycles. The molecule has 0 saturated carbocycles. The zero-order chi connectivity index (χ0) is 10.7. The van der Waals surface area contributed by atoms with Crippen molar-refractivity contribution in [2.45, 2.75) is 6.42 Å². The summed E-state index contributed by atoms with van der Waals surface area (Å²) in [5.74, 6) is -0.196. The van der Waals surface area contributed by atoms with Crippen LogP contribution in [0.15, 0.2) is 41.4 Å². The number of fused-ring (bicyclic) bond motifs is 1. The normalized spacial score (nSPS) is 13.8. The summed E-state index contributed by atoms with van der Waals surface area (Å²) < 4.78 is 0. The monoisotopic (exact) mass is 196 g/mol. The first-order valence-corrected chi connectivity index (χ1v) is 4.59. The van der Waals surface area contributed by atoms with Crippen LogP contribution in [-0.2, 0) is 4.79 Å². The van der Waals surface area contributed by atoms with Crippen molar-refractivity contribution >= 4 is 11.5 Å². The van der Waals surface area contributed by atoms with Gasteiger partial charge in [0.15, 0.2) is 0 Å². The van der Waals surface area contributed by atoms with Crippen LogP contribution < -0.4 is 10.6 Å². The molecule has 0 atom stereocenters. The predicted molar refractivity (Wildman–Crippen MR) is 55.0 cm³/mol. The first-order valence-electron chi connectivity index (χ1n) is 4.59. The molecule has 0 bridgehead atoms. The number of hydrogen-bond acceptors (Lipinski definition) is 2. The molecule has 0 radical (unpaired) electrons. The highest BCUT2D eigenvalue weighted by Crippen LogP contribution is 2.06. The molecule has 0 aliphatic carbocycles. The summed E-state index contributed by atoms with van der Waals surface area (Å²) in [6, 6.07) is 9.31. The van der Waals surface area contributed by atoms with Crippen molar-refractivity contribution in [2.75, 3.05) is 0 Å². The summed E-state index contributed by atoms with van der Waals surface area (Å²) in [4.78, 5) is 15.4. The predicted octanol–water partition coefficient (Wildman–Crippen LogP) is 0.467. The Morgan fingerprint density at radius 3 is 3.00 bits per heavy atom. The Morgan fingerprint density at radius 1 is 1.40 bits per heavy atom. The Labute approximate surface area is 86.7 Å². The number of nitrogens with zero attached hydrogens (tertiary/aromatic N) is 2. The third-order valence-electron chi connectivity index (χ3n) is 2.22. The van der Waals surface area contributed by atoms with Crippen molar-refractivity contribution in [2.24, 2.45) is 4.99 Å². The summed E-state index contributed by atoms with van der Waals surface area (Å²) >= 11 is 0. The molecule has 3 nitrogen and oxygen atoms in total. The molecule has 2 rings (SSSR count). The average molecular weight is 196 g/mol. The molecule has 0 N–H and O–H groups in total. The second-order valence-corrected chi connectivity index (χ2v) is 3.15. The van der Waals surface area contributed by atoms with E-state index < -0.39 is 0 Å². The van der Waals surface area contributed by atoms with E-state index in [9.17, 15) is 4.79 Å². The fourth-order valence-corrected chi connectivity index (χ4v) is 1.55. The lowest BCUT2D eigenvalue weighted by Crippen LogP contribution is -2.21. The van der Waals surface area contributed by atoms with E-state index in [0.717, 1.165) is 10.6 Å². The third-order valence-corrected chi connectivity index (χ3v) is 2.22. The fraction of sp³-hybridized carbons (Fsp3) is 0.0833. The molecule has 0 saturated heterocycles. The first kappa shape index (κ1) is 9.35. The van der Waals surface area contributed by atoms with Crippen LogP contribution in [0, 0.1) is 11.3 Å². The van der Waals surface area contributed by atoms with Gasteiger partial charge in [0.2, 0.25) is 0 Å². The maximum atomic E-state index is 11.5. The van der Waals surface area contributed by atoms with Gasteiger partial charge in [-0.1, -0.05) is 24.3 Å². The van der Waals surface area contributed by atoms with Crippen molar-refractivity contribution in [1.29, 1.82) is 5.26 Å². The Hall–Kier alpha value is -2.21. The van der Waals surface area contributed by atoms with Gasteiger partial charge >= 0.3 is 0 Å². The number of para-hydroxylation sites is 1. The van der Waals surface area contributed by atoms with Gasteiger partial charge in [0.25, 0.3) is 5.91 Å². The molecule has 1 aliphatic rings. The van der Waals surface area contributed by atoms with E-state index in [4.69, 9.17) is 5.26 Å². The van der Waals surface area contributed by atoms with Crippen LogP contribution in [0.25, 0.3) is 5.57 Å². The van der Waals surface area contributed by atoms with E-state index in [2.05, 4.69) is 4.99 Å². The van der Waals surface area contributed by atoms with E-state index >= 15 is 0 Å². The molecule has 1 aliphatic heterocycles. The Balaban J connectivity index is 2.49. The number of allylic oxidation sites excluding steroid dienone is 2. The van der Waals surface area contributed by atoms with E-state index in [-0.39, 0.29) is 5.91 Å². The molecule has 1 heterocycles. The van der Waals surface area contributed by atoms with Crippen molar-refractivity contribution in [3.05, 3.63) is 47.0 Å². The zero-order valence-electron chi connectivity index (χ0n) is 7.97. The number of nitriles is 1. The van der Waals surface area contributed by atoms with Gasteiger partial charge in [-0.25, -0.2) is 4.99 Å². The highest BCUT2D eigenvalue weighted by Gasteiger charge is 2.13. The first-order chi connectivity index (χ1) is 7.33. The minimum absolute atomic E-state index is 0.196. The number of benzene rings is 1. The second kappa shape index (κ2) is 3.89. The lowest BCUT2D eigenvalue weighted by molar-refractivity contribution is -0.112. The van der Waals surface area contributed by atoms with E-state index in [1.807, 2.05) is 30.3 Å². The number of rotatable bonds is 2. The minimum Gasteiger partial charge on any atom is -0.267 e. The van der Waals surface area contributed by atoms with Gasteiger partial charge in [-0.15, -0.1) is 0 Å². The molecule has 72 valence electrons. The van der Waals surface area contributed by atoms with Crippen LogP contribution in [0.3, 0.4) is 0 Å². The molecule has 0 unspecified atom stereocenters. The van der Waals surface area contributed by atoms with Gasteiger partial charge < -0.3 is 0 Å². The Bertz CT molecular complexity index is 591. The largest absolute Gasteiger partial charge is 0.274 e. The summed E-state index contributed by atoms with van der Waals surface area (Å²) in [5.41, 5.74) is 0.664. The summed E-state index contributed by atoms with van der Waals surface area (Å²) in [6.07, 6.45) is 3.51. The van der Waals surface area contributed by atoms with Crippen molar-refractivity contribution in [3.63, 3.8) is 0 Å². The molecular weight excluding hydrogens is 188 g/mol. The van der Waals surface area contributed by atoms with Gasteiger partial charge in [0.05, 0.1) is 11.4 Å². The summed E-state index contributed by atoms with van der Waals surface area (Å²) in [7, 11) is 0. The van der Waals surface area contributed by atoms with Crippen molar-refractivity contribution in [1.82, 2.24) is 0 Å². The minimum atomic E-state index is -0.196. The highest BCUT2D eigenvalue weighted by molar-refractivity contribution is 6.15. The van der Waals surface area contributed by atoms with Crippen LogP contribution in [0.5, 0.6) is 0 Å². The van der Waals surface area contributed by atoms with Crippen molar-refractivity contribution < 1.29 is 4.79 Å². The van der Waals surface area contributed by atoms with Crippen LogP contribution in [0.2, 0.25) is 0 Å². The molecule has 1 amide bonds. The van der Waals surface area contributed by atoms with Crippen LogP contribution in [0.1, 0.15) is 6.42 Å².